The molecule has 0 aliphatic heterocycles. The third-order valence-electron chi connectivity index (χ3n) is 2.44. The molecule has 6 nitrogen and oxygen atoms in total. The Hall–Kier alpha value is -1.95. The monoisotopic (exact) mass is 237 g/mol. The summed E-state index contributed by atoms with van der Waals surface area (Å²) in [4.78, 5) is 21.3. The van der Waals surface area contributed by atoms with Crippen LogP contribution in [-0.4, -0.2) is 17.4 Å². The number of nitrogens with two attached hydrogens (primary N) is 1. The fourth-order valence-electron chi connectivity index (χ4n) is 1.47. The van der Waals surface area contributed by atoms with Gasteiger partial charge in [0.25, 0.3) is 5.69 Å². The molecule has 1 aromatic rings. The molecule has 0 unspecified atom stereocenters. The molecule has 6 heteroatoms. The minimum Gasteiger partial charge on any atom is -0.346 e. The van der Waals surface area contributed by atoms with Gasteiger partial charge in [-0.1, -0.05) is 0 Å². The molecule has 0 spiro atoms. The Kier molecular flexibility index (Phi) is 3.80. The van der Waals surface area contributed by atoms with E-state index in [0.29, 0.717) is 0 Å². The summed E-state index contributed by atoms with van der Waals surface area (Å²) in [5.41, 5.74) is 5.42. The van der Waals surface area contributed by atoms with Crippen molar-refractivity contribution in [1.82, 2.24) is 5.32 Å². The molecule has 0 saturated carbocycles. The van der Waals surface area contributed by atoms with E-state index in [9.17, 15) is 14.9 Å². The van der Waals surface area contributed by atoms with E-state index < -0.39 is 10.5 Å². The van der Waals surface area contributed by atoms with E-state index >= 15 is 0 Å². The van der Waals surface area contributed by atoms with Gasteiger partial charge in [0.1, 0.15) is 0 Å². The Balaban J connectivity index is 2.91. The van der Waals surface area contributed by atoms with E-state index in [0.717, 1.165) is 5.56 Å². The molecule has 1 aromatic carbocycles. The van der Waals surface area contributed by atoms with E-state index in [1.807, 2.05) is 13.8 Å². The van der Waals surface area contributed by atoms with Crippen LogP contribution < -0.4 is 11.1 Å². The quantitative estimate of drug-likeness (QED) is 0.600. The van der Waals surface area contributed by atoms with Crippen LogP contribution in [0.15, 0.2) is 24.3 Å². The number of carbonyl (C=O) groups is 1. The van der Waals surface area contributed by atoms with Crippen LogP contribution in [0, 0.1) is 10.1 Å². The lowest BCUT2D eigenvalue weighted by molar-refractivity contribution is -0.384. The summed E-state index contributed by atoms with van der Waals surface area (Å²) in [6.07, 6.45) is 0. The summed E-state index contributed by atoms with van der Waals surface area (Å²) in [7, 11) is 0. The first-order chi connectivity index (χ1) is 7.86. The van der Waals surface area contributed by atoms with Gasteiger partial charge in [-0.25, -0.2) is 0 Å². The third-order valence-corrected chi connectivity index (χ3v) is 2.44. The van der Waals surface area contributed by atoms with Crippen molar-refractivity contribution >= 4 is 11.6 Å². The molecular weight excluding hydrogens is 222 g/mol. The van der Waals surface area contributed by atoms with Gasteiger partial charge in [-0.15, -0.1) is 0 Å². The molecule has 0 radical (unpaired) electrons. The zero-order valence-electron chi connectivity index (χ0n) is 9.77. The molecule has 17 heavy (non-hydrogen) atoms. The van der Waals surface area contributed by atoms with E-state index in [4.69, 9.17) is 5.73 Å². The van der Waals surface area contributed by atoms with Crippen molar-refractivity contribution in [2.45, 2.75) is 19.4 Å². The molecule has 92 valence electrons. The number of non-ortho nitro benzene ring substituents is 1. The van der Waals surface area contributed by atoms with Crippen LogP contribution in [0.25, 0.3) is 0 Å². The van der Waals surface area contributed by atoms with E-state index in [1.54, 1.807) is 12.1 Å². The van der Waals surface area contributed by atoms with Crippen LogP contribution in [0.4, 0.5) is 5.69 Å². The maximum Gasteiger partial charge on any atom is 0.269 e. The standard InChI is InChI=1S/C11H15N3O3/c1-11(2,13-10(15)7-12)8-3-5-9(6-4-8)14(16)17/h3-6H,7,12H2,1-2H3,(H,13,15). The highest BCUT2D eigenvalue weighted by Gasteiger charge is 2.22. The number of amides is 1. The van der Waals surface area contributed by atoms with Gasteiger partial charge in [-0.2, -0.15) is 0 Å². The first-order valence-electron chi connectivity index (χ1n) is 5.13. The number of carbonyl (C=O) groups excluding carboxylic acids is 1. The summed E-state index contributed by atoms with van der Waals surface area (Å²) in [6.45, 7) is 3.53. The topological polar surface area (TPSA) is 98.3 Å². The average Bonchev–Trinajstić information content (AvgIpc) is 2.28. The third kappa shape index (κ3) is 3.25. The van der Waals surface area contributed by atoms with Gasteiger partial charge in [0.05, 0.1) is 17.0 Å². The maximum absolute atomic E-state index is 11.2. The summed E-state index contributed by atoms with van der Waals surface area (Å²) in [5, 5.41) is 13.2. The van der Waals surface area contributed by atoms with Gasteiger partial charge >= 0.3 is 0 Å². The van der Waals surface area contributed by atoms with Gasteiger partial charge in [0, 0.05) is 12.1 Å². The Morgan fingerprint density at radius 3 is 2.35 bits per heavy atom. The van der Waals surface area contributed by atoms with Crippen LogP contribution in [0.1, 0.15) is 19.4 Å². The number of nitrogens with one attached hydrogen (secondary N) is 1. The Morgan fingerprint density at radius 1 is 1.41 bits per heavy atom. The highest BCUT2D eigenvalue weighted by Crippen LogP contribution is 2.22. The molecule has 0 aliphatic rings. The fourth-order valence-corrected chi connectivity index (χ4v) is 1.47. The normalized spacial score (nSPS) is 11.0. The fraction of sp³-hybridized carbons (Fsp3) is 0.364. The Bertz CT molecular complexity index is 426. The van der Waals surface area contributed by atoms with Crippen LogP contribution >= 0.6 is 0 Å². The van der Waals surface area contributed by atoms with Crippen molar-refractivity contribution in [3.63, 3.8) is 0 Å². The highest BCUT2D eigenvalue weighted by molar-refractivity contribution is 5.78. The summed E-state index contributed by atoms with van der Waals surface area (Å²) >= 11 is 0. The SMILES string of the molecule is CC(C)(NC(=O)CN)c1ccc([N+](=O)[O-])cc1. The number of hydrogen-bond acceptors (Lipinski definition) is 4. The molecule has 0 aromatic heterocycles. The van der Waals surface area contributed by atoms with Crippen molar-refractivity contribution < 1.29 is 9.72 Å². The predicted molar refractivity (Wildman–Crippen MR) is 63.3 cm³/mol. The van der Waals surface area contributed by atoms with E-state index in [1.165, 1.54) is 12.1 Å². The van der Waals surface area contributed by atoms with Crippen molar-refractivity contribution in [2.75, 3.05) is 6.54 Å². The number of nitro groups is 1. The zero-order chi connectivity index (χ0) is 13.1. The lowest BCUT2D eigenvalue weighted by Gasteiger charge is -2.26. The number of rotatable bonds is 4. The Labute approximate surface area is 99.0 Å². The maximum atomic E-state index is 11.2. The van der Waals surface area contributed by atoms with E-state index in [-0.39, 0.29) is 18.1 Å². The molecule has 1 amide bonds. The Morgan fingerprint density at radius 2 is 1.94 bits per heavy atom. The average molecular weight is 237 g/mol. The molecule has 0 heterocycles. The minimum atomic E-state index is -0.606. The number of nitrogens with zero attached hydrogens (tertiary/aromatic N) is 1. The molecule has 3 N–H and O–H groups in total. The molecule has 1 rings (SSSR count). The molecule has 0 saturated heterocycles. The molecule has 0 aliphatic carbocycles. The molecule has 0 fully saturated rings. The number of benzene rings is 1. The predicted octanol–water partition coefficient (Wildman–Crippen LogP) is 0.905. The van der Waals surface area contributed by atoms with Crippen LogP contribution in [-0.2, 0) is 10.3 Å². The zero-order valence-corrected chi connectivity index (χ0v) is 9.77. The van der Waals surface area contributed by atoms with Crippen molar-refractivity contribution in [3.8, 4) is 0 Å². The van der Waals surface area contributed by atoms with Crippen LogP contribution in [0.3, 0.4) is 0 Å². The number of nitro benzene ring substituents is 1. The van der Waals surface area contributed by atoms with Crippen molar-refractivity contribution in [3.05, 3.63) is 39.9 Å². The minimum absolute atomic E-state index is 0.0229. The first kappa shape index (κ1) is 13.1. The molecular formula is C11H15N3O3. The first-order valence-corrected chi connectivity index (χ1v) is 5.13. The van der Waals surface area contributed by atoms with Crippen molar-refractivity contribution in [1.29, 1.82) is 0 Å². The van der Waals surface area contributed by atoms with Gasteiger partial charge in [-0.3, -0.25) is 14.9 Å². The lowest BCUT2D eigenvalue weighted by atomic mass is 9.94. The van der Waals surface area contributed by atoms with Crippen LogP contribution in [0.2, 0.25) is 0 Å². The van der Waals surface area contributed by atoms with Crippen molar-refractivity contribution in [2.24, 2.45) is 5.73 Å². The van der Waals surface area contributed by atoms with Gasteiger partial charge in [0.15, 0.2) is 0 Å². The van der Waals surface area contributed by atoms with Crippen LogP contribution in [0.5, 0.6) is 0 Å². The van der Waals surface area contributed by atoms with Gasteiger partial charge in [0.2, 0.25) is 5.91 Å². The molecule has 0 atom stereocenters. The second-order valence-corrected chi connectivity index (χ2v) is 4.18. The smallest absolute Gasteiger partial charge is 0.269 e. The highest BCUT2D eigenvalue weighted by atomic mass is 16.6. The lowest BCUT2D eigenvalue weighted by Crippen LogP contribution is -2.43. The molecule has 0 bridgehead atoms. The number of hydrogen-bond donors (Lipinski definition) is 2. The van der Waals surface area contributed by atoms with Gasteiger partial charge < -0.3 is 11.1 Å². The summed E-state index contributed by atoms with van der Waals surface area (Å²) in [5.74, 6) is -0.270. The largest absolute Gasteiger partial charge is 0.346 e. The van der Waals surface area contributed by atoms with Gasteiger partial charge in [-0.05, 0) is 31.5 Å². The summed E-state index contributed by atoms with van der Waals surface area (Å²) in [6, 6.07) is 6.06. The second kappa shape index (κ2) is 4.92. The summed E-state index contributed by atoms with van der Waals surface area (Å²) < 4.78 is 0. The van der Waals surface area contributed by atoms with E-state index in [2.05, 4.69) is 5.32 Å². The second-order valence-electron chi connectivity index (χ2n) is 4.18.